The van der Waals surface area contributed by atoms with Crippen LogP contribution < -0.4 is 4.90 Å². The summed E-state index contributed by atoms with van der Waals surface area (Å²) in [5.74, 6) is 0. The summed E-state index contributed by atoms with van der Waals surface area (Å²) < 4.78 is 71.2. The van der Waals surface area contributed by atoms with Crippen molar-refractivity contribution in [1.82, 2.24) is 0 Å². The summed E-state index contributed by atoms with van der Waals surface area (Å²) in [6, 6.07) is 10.9. The molecule has 2 N–H and O–H groups in total. The molecule has 8 nitrogen and oxygen atoms in total. The maximum absolute atomic E-state index is 11.7. The Labute approximate surface area is 178 Å². The third-order valence-electron chi connectivity index (χ3n) is 4.64. The zero-order valence-electron chi connectivity index (χ0n) is 17.1. The second kappa shape index (κ2) is 9.88. The Bertz CT molecular complexity index is 1060. The van der Waals surface area contributed by atoms with E-state index in [2.05, 4.69) is 18.7 Å². The third kappa shape index (κ3) is 5.79. The molecule has 0 heterocycles. The highest BCUT2D eigenvalue weighted by Gasteiger charge is 2.26. The zero-order chi connectivity index (χ0) is 22.5. The quantitative estimate of drug-likeness (QED) is 0.520. The molecule has 0 amide bonds. The van der Waals surface area contributed by atoms with Crippen LogP contribution in [-0.4, -0.2) is 45.6 Å². The lowest BCUT2D eigenvalue weighted by Gasteiger charge is -2.23. The molecule has 0 aliphatic rings. The minimum atomic E-state index is -4.90. The first-order chi connectivity index (χ1) is 14.0. The lowest BCUT2D eigenvalue weighted by molar-refractivity contribution is 0.0804. The van der Waals surface area contributed by atoms with E-state index in [4.69, 9.17) is 4.74 Å². The summed E-state index contributed by atoms with van der Waals surface area (Å²) in [6.45, 7) is 8.10. The van der Waals surface area contributed by atoms with Gasteiger partial charge in [0.1, 0.15) is 15.9 Å². The first-order valence-electron chi connectivity index (χ1n) is 9.58. The molecule has 0 saturated heterocycles. The van der Waals surface area contributed by atoms with Crippen molar-refractivity contribution in [3.8, 4) is 0 Å². The van der Waals surface area contributed by atoms with Gasteiger partial charge in [-0.2, -0.15) is 16.8 Å². The molecular weight excluding hydrogens is 430 g/mol. The van der Waals surface area contributed by atoms with Gasteiger partial charge in [-0.3, -0.25) is 9.11 Å². The average Bonchev–Trinajstić information content (AvgIpc) is 2.68. The molecule has 2 aromatic rings. The highest BCUT2D eigenvalue weighted by molar-refractivity contribution is 7.89. The predicted octanol–water partition coefficient (Wildman–Crippen LogP) is 3.54. The van der Waals surface area contributed by atoms with Gasteiger partial charge in [-0.15, -0.1) is 0 Å². The number of benzene rings is 2. The minimum Gasteiger partial charge on any atom is -0.372 e. The number of anilines is 1. The molecule has 0 aliphatic heterocycles. The van der Waals surface area contributed by atoms with Crippen molar-refractivity contribution in [3.63, 3.8) is 0 Å². The van der Waals surface area contributed by atoms with Crippen LogP contribution in [0.5, 0.6) is 0 Å². The normalized spacial score (nSPS) is 13.2. The van der Waals surface area contributed by atoms with E-state index in [1.807, 2.05) is 31.2 Å². The summed E-state index contributed by atoms with van der Waals surface area (Å²) in [4.78, 5) is 0.385. The first-order valence-corrected chi connectivity index (χ1v) is 12.5. The monoisotopic (exact) mass is 457 g/mol. The zero-order valence-corrected chi connectivity index (χ0v) is 18.8. The van der Waals surface area contributed by atoms with Crippen LogP contribution >= 0.6 is 0 Å². The molecule has 0 saturated carbocycles. The van der Waals surface area contributed by atoms with Crippen molar-refractivity contribution >= 4 is 25.9 Å². The van der Waals surface area contributed by atoms with Crippen LogP contribution in [-0.2, 0) is 25.0 Å². The summed E-state index contributed by atoms with van der Waals surface area (Å²) in [5, 5.41) is 0. The van der Waals surface area contributed by atoms with Crippen molar-refractivity contribution in [3.05, 3.63) is 53.6 Å². The third-order valence-corrected chi connectivity index (χ3v) is 6.57. The lowest BCUT2D eigenvalue weighted by atomic mass is 10.0. The topological polar surface area (TPSA) is 121 Å². The molecule has 30 heavy (non-hydrogen) atoms. The SMILES string of the molecule is CCCOC(c1ccc(N(CC)CC)cc1)c1ccc(S(=O)(=O)O)c(S(=O)(=O)O)c1. The highest BCUT2D eigenvalue weighted by atomic mass is 32.2. The maximum atomic E-state index is 11.7. The van der Waals surface area contributed by atoms with E-state index in [1.54, 1.807) is 0 Å². The standard InChI is InChI=1S/C20H27NO7S2/c1-4-13-28-20(15-7-10-17(11-8-15)21(5-2)6-3)16-9-12-18(29(22,23)24)19(14-16)30(25,26)27/h7-12,14,20H,4-6,13H2,1-3H3,(H,22,23,24)(H,25,26,27). The number of nitrogens with zero attached hydrogens (tertiary/aromatic N) is 1. The summed E-state index contributed by atoms with van der Waals surface area (Å²) in [5.41, 5.74) is 2.10. The lowest BCUT2D eigenvalue weighted by Crippen LogP contribution is -2.21. The van der Waals surface area contributed by atoms with Crippen molar-refractivity contribution in [2.24, 2.45) is 0 Å². The minimum absolute atomic E-state index is 0.332. The molecule has 2 rings (SSSR count). The van der Waals surface area contributed by atoms with E-state index in [1.165, 1.54) is 6.07 Å². The molecule has 0 aromatic heterocycles. The highest BCUT2D eigenvalue weighted by Crippen LogP contribution is 2.32. The molecule has 0 aliphatic carbocycles. The van der Waals surface area contributed by atoms with E-state index in [9.17, 15) is 25.9 Å². The van der Waals surface area contributed by atoms with Gasteiger partial charge < -0.3 is 9.64 Å². The van der Waals surface area contributed by atoms with Gasteiger partial charge >= 0.3 is 0 Å². The number of ether oxygens (including phenoxy) is 1. The fourth-order valence-corrected chi connectivity index (χ4v) is 4.96. The van der Waals surface area contributed by atoms with Crippen LogP contribution in [0, 0.1) is 0 Å². The Balaban J connectivity index is 2.57. The van der Waals surface area contributed by atoms with E-state index < -0.39 is 36.1 Å². The molecule has 2 aromatic carbocycles. The molecular formula is C20H27NO7S2. The Morgan fingerprint density at radius 2 is 1.37 bits per heavy atom. The van der Waals surface area contributed by atoms with Gasteiger partial charge in [0.15, 0.2) is 0 Å². The van der Waals surface area contributed by atoms with Crippen LogP contribution in [0.2, 0.25) is 0 Å². The van der Waals surface area contributed by atoms with Crippen molar-refractivity contribution < 1.29 is 30.7 Å². The second-order valence-corrected chi connectivity index (χ2v) is 9.45. The van der Waals surface area contributed by atoms with Crippen molar-refractivity contribution in [1.29, 1.82) is 0 Å². The molecule has 1 unspecified atom stereocenters. The van der Waals surface area contributed by atoms with Crippen molar-refractivity contribution in [2.75, 3.05) is 24.6 Å². The van der Waals surface area contributed by atoms with Crippen LogP contribution in [0.15, 0.2) is 52.3 Å². The Morgan fingerprint density at radius 1 is 0.833 bits per heavy atom. The fourth-order valence-electron chi connectivity index (χ4n) is 3.17. The largest absolute Gasteiger partial charge is 0.372 e. The Hall–Kier alpha value is -1.98. The smallest absolute Gasteiger partial charge is 0.295 e. The average molecular weight is 458 g/mol. The maximum Gasteiger partial charge on any atom is 0.295 e. The molecule has 1 atom stereocenters. The van der Waals surface area contributed by atoms with Gasteiger partial charge in [0.05, 0.1) is 0 Å². The predicted molar refractivity (Wildman–Crippen MR) is 114 cm³/mol. The van der Waals surface area contributed by atoms with Gasteiger partial charge in [-0.05, 0) is 55.7 Å². The molecule has 0 spiro atoms. The van der Waals surface area contributed by atoms with E-state index >= 15 is 0 Å². The second-order valence-electron chi connectivity index (χ2n) is 6.67. The Kier molecular flexibility index (Phi) is 8.00. The molecule has 0 bridgehead atoms. The Morgan fingerprint density at radius 3 is 1.83 bits per heavy atom. The summed E-state index contributed by atoms with van der Waals surface area (Å²) in [6.07, 6.45) is 0.0223. The van der Waals surface area contributed by atoms with Crippen LogP contribution in [0.3, 0.4) is 0 Å². The van der Waals surface area contributed by atoms with Gasteiger partial charge in [0, 0.05) is 25.4 Å². The van der Waals surface area contributed by atoms with E-state index in [-0.39, 0.29) is 0 Å². The van der Waals surface area contributed by atoms with Crippen LogP contribution in [0.1, 0.15) is 44.4 Å². The van der Waals surface area contributed by atoms with Gasteiger partial charge in [-0.1, -0.05) is 25.1 Å². The number of hydrogen-bond donors (Lipinski definition) is 2. The molecule has 10 heteroatoms. The van der Waals surface area contributed by atoms with Gasteiger partial charge in [-0.25, -0.2) is 0 Å². The number of rotatable bonds is 10. The number of hydrogen-bond acceptors (Lipinski definition) is 6. The van der Waals surface area contributed by atoms with E-state index in [0.29, 0.717) is 18.6 Å². The van der Waals surface area contributed by atoms with Gasteiger partial charge in [0.2, 0.25) is 0 Å². The first kappa shape index (κ1) is 24.3. The summed E-state index contributed by atoms with van der Waals surface area (Å²) >= 11 is 0. The molecule has 0 radical (unpaired) electrons. The molecule has 0 fully saturated rings. The van der Waals surface area contributed by atoms with Gasteiger partial charge in [0.25, 0.3) is 20.2 Å². The summed E-state index contributed by atoms with van der Waals surface area (Å²) in [7, 11) is -9.75. The fraction of sp³-hybridized carbons (Fsp3) is 0.400. The van der Waals surface area contributed by atoms with Crippen molar-refractivity contribution in [2.45, 2.75) is 43.1 Å². The van der Waals surface area contributed by atoms with Crippen LogP contribution in [0.25, 0.3) is 0 Å². The van der Waals surface area contributed by atoms with E-state index in [0.717, 1.165) is 36.5 Å². The van der Waals surface area contributed by atoms with Crippen LogP contribution in [0.4, 0.5) is 5.69 Å². The molecule has 166 valence electrons.